The summed E-state index contributed by atoms with van der Waals surface area (Å²) in [5.41, 5.74) is 0.132. The van der Waals surface area contributed by atoms with Crippen LogP contribution in [0.4, 0.5) is 5.69 Å². The summed E-state index contributed by atoms with van der Waals surface area (Å²) in [4.78, 5) is 0.0189. The van der Waals surface area contributed by atoms with E-state index in [0.29, 0.717) is 24.7 Å². The highest BCUT2D eigenvalue weighted by Crippen LogP contribution is 2.34. The molecule has 0 bridgehead atoms. The number of halogens is 2. The molecule has 0 radical (unpaired) electrons. The maximum Gasteiger partial charge on any atom is 0.262 e. The quantitative estimate of drug-likeness (QED) is 0.751. The van der Waals surface area contributed by atoms with E-state index < -0.39 is 10.0 Å². The Kier molecular flexibility index (Phi) is 6.21. The molecule has 1 N–H and O–H groups in total. The lowest BCUT2D eigenvalue weighted by Gasteiger charge is -2.14. The van der Waals surface area contributed by atoms with Crippen molar-refractivity contribution in [1.29, 1.82) is 0 Å². The first-order valence-electron chi connectivity index (χ1n) is 7.25. The standard InChI is InChI=1S/C16H17Cl2NO4S/c1-3-22-14-9-8-11(10-15(14)23-4-2)24(20,21)19-16-12(17)6-5-7-13(16)18/h5-10,19H,3-4H2,1-2H3. The molecule has 8 heteroatoms. The van der Waals surface area contributed by atoms with E-state index in [2.05, 4.69) is 4.72 Å². The van der Waals surface area contributed by atoms with Crippen molar-refractivity contribution in [2.24, 2.45) is 0 Å². The molecular formula is C16H17Cl2NO4S. The molecule has 0 atom stereocenters. The van der Waals surface area contributed by atoms with Crippen molar-refractivity contribution in [3.8, 4) is 11.5 Å². The Hall–Kier alpha value is -1.63. The zero-order chi connectivity index (χ0) is 17.7. The highest BCUT2D eigenvalue weighted by atomic mass is 35.5. The van der Waals surface area contributed by atoms with Crippen molar-refractivity contribution in [2.45, 2.75) is 18.7 Å². The third kappa shape index (κ3) is 4.26. The third-order valence-corrected chi connectivity index (χ3v) is 5.00. The molecule has 2 aromatic carbocycles. The highest BCUT2D eigenvalue weighted by molar-refractivity contribution is 7.92. The van der Waals surface area contributed by atoms with Gasteiger partial charge in [0.15, 0.2) is 11.5 Å². The minimum absolute atomic E-state index is 0.0189. The Morgan fingerprint density at radius 2 is 1.54 bits per heavy atom. The van der Waals surface area contributed by atoms with Gasteiger partial charge in [-0.3, -0.25) is 4.72 Å². The van der Waals surface area contributed by atoms with Crippen LogP contribution in [0.1, 0.15) is 13.8 Å². The number of hydrogen-bond acceptors (Lipinski definition) is 4. The molecule has 0 saturated carbocycles. The van der Waals surface area contributed by atoms with Gasteiger partial charge in [-0.1, -0.05) is 29.3 Å². The van der Waals surface area contributed by atoms with Gasteiger partial charge in [0.05, 0.1) is 33.8 Å². The largest absolute Gasteiger partial charge is 0.490 e. The lowest BCUT2D eigenvalue weighted by atomic mass is 10.3. The maximum absolute atomic E-state index is 12.6. The predicted molar refractivity (Wildman–Crippen MR) is 96.1 cm³/mol. The summed E-state index contributed by atoms with van der Waals surface area (Å²) >= 11 is 12.0. The molecule has 0 saturated heterocycles. The normalized spacial score (nSPS) is 11.2. The fourth-order valence-electron chi connectivity index (χ4n) is 1.99. The van der Waals surface area contributed by atoms with Crippen LogP contribution < -0.4 is 14.2 Å². The zero-order valence-corrected chi connectivity index (χ0v) is 15.5. The Balaban J connectivity index is 2.40. The SMILES string of the molecule is CCOc1ccc(S(=O)(=O)Nc2c(Cl)cccc2Cl)cc1OCC. The molecule has 24 heavy (non-hydrogen) atoms. The molecule has 130 valence electrons. The number of hydrogen-bond donors (Lipinski definition) is 1. The van der Waals surface area contributed by atoms with Crippen LogP contribution in [0, 0.1) is 0 Å². The third-order valence-electron chi connectivity index (χ3n) is 3.02. The van der Waals surface area contributed by atoms with E-state index in [-0.39, 0.29) is 20.6 Å². The van der Waals surface area contributed by atoms with E-state index in [1.54, 1.807) is 31.2 Å². The summed E-state index contributed by atoms with van der Waals surface area (Å²) in [5.74, 6) is 0.835. The molecule has 0 fully saturated rings. The summed E-state index contributed by atoms with van der Waals surface area (Å²) in [6, 6.07) is 9.12. The molecule has 2 rings (SSSR count). The number of sulfonamides is 1. The van der Waals surface area contributed by atoms with Crippen molar-refractivity contribution in [2.75, 3.05) is 17.9 Å². The average Bonchev–Trinajstić information content (AvgIpc) is 2.53. The van der Waals surface area contributed by atoms with Crippen LogP contribution >= 0.6 is 23.2 Å². The first-order chi connectivity index (χ1) is 11.4. The van der Waals surface area contributed by atoms with Crippen molar-refractivity contribution < 1.29 is 17.9 Å². The summed E-state index contributed by atoms with van der Waals surface area (Å²) in [6.07, 6.45) is 0. The van der Waals surface area contributed by atoms with Gasteiger partial charge in [-0.25, -0.2) is 8.42 Å². The highest BCUT2D eigenvalue weighted by Gasteiger charge is 2.20. The van der Waals surface area contributed by atoms with Crippen LogP contribution in [-0.2, 0) is 10.0 Å². The van der Waals surface area contributed by atoms with Crippen LogP contribution in [0.15, 0.2) is 41.3 Å². The van der Waals surface area contributed by atoms with Crippen LogP contribution in [0.5, 0.6) is 11.5 Å². The van der Waals surface area contributed by atoms with Gasteiger partial charge in [0, 0.05) is 6.07 Å². The van der Waals surface area contributed by atoms with Gasteiger partial charge in [-0.2, -0.15) is 0 Å². The summed E-state index contributed by atoms with van der Waals surface area (Å²) in [5, 5.41) is 0.420. The topological polar surface area (TPSA) is 64.6 Å². The molecule has 0 amide bonds. The Morgan fingerprint density at radius 1 is 0.958 bits per heavy atom. The first kappa shape index (κ1) is 18.7. The van der Waals surface area contributed by atoms with E-state index in [1.807, 2.05) is 6.92 Å². The number of rotatable bonds is 7. The summed E-state index contributed by atoms with van der Waals surface area (Å²) in [6.45, 7) is 4.47. The van der Waals surface area contributed by atoms with Gasteiger partial charge in [0.2, 0.25) is 0 Å². The van der Waals surface area contributed by atoms with E-state index in [9.17, 15) is 8.42 Å². The van der Waals surface area contributed by atoms with Crippen molar-refractivity contribution in [1.82, 2.24) is 0 Å². The van der Waals surface area contributed by atoms with E-state index in [1.165, 1.54) is 12.1 Å². The molecule has 0 unspecified atom stereocenters. The van der Waals surface area contributed by atoms with Gasteiger partial charge < -0.3 is 9.47 Å². The Bertz CT molecular complexity index is 805. The molecule has 0 heterocycles. The predicted octanol–water partition coefficient (Wildman–Crippen LogP) is 4.59. The molecule has 0 aliphatic heterocycles. The molecule has 5 nitrogen and oxygen atoms in total. The lowest BCUT2D eigenvalue weighted by Crippen LogP contribution is -2.14. The molecular weight excluding hydrogens is 373 g/mol. The molecule has 0 aliphatic carbocycles. The zero-order valence-electron chi connectivity index (χ0n) is 13.2. The number of nitrogens with one attached hydrogen (secondary N) is 1. The maximum atomic E-state index is 12.6. The van der Waals surface area contributed by atoms with Crippen molar-refractivity contribution >= 4 is 38.9 Å². The van der Waals surface area contributed by atoms with E-state index in [0.717, 1.165) is 0 Å². The van der Waals surface area contributed by atoms with Crippen molar-refractivity contribution in [3.05, 3.63) is 46.4 Å². The monoisotopic (exact) mass is 389 g/mol. The number of benzene rings is 2. The molecule has 0 aliphatic rings. The van der Waals surface area contributed by atoms with Gasteiger partial charge in [-0.15, -0.1) is 0 Å². The minimum atomic E-state index is -3.89. The number of anilines is 1. The van der Waals surface area contributed by atoms with Crippen molar-refractivity contribution in [3.63, 3.8) is 0 Å². The Labute approximate surface area is 151 Å². The fraction of sp³-hybridized carbons (Fsp3) is 0.250. The summed E-state index contributed by atoms with van der Waals surface area (Å²) < 4.78 is 38.5. The fourth-order valence-corrected chi connectivity index (χ4v) is 3.71. The lowest BCUT2D eigenvalue weighted by molar-refractivity contribution is 0.287. The molecule has 2 aromatic rings. The van der Waals surface area contributed by atoms with Crippen LogP contribution in [-0.4, -0.2) is 21.6 Å². The number of para-hydroxylation sites is 1. The second-order valence-corrected chi connectivity index (χ2v) is 7.17. The van der Waals surface area contributed by atoms with E-state index in [4.69, 9.17) is 32.7 Å². The number of ether oxygens (including phenoxy) is 2. The van der Waals surface area contributed by atoms with Gasteiger partial charge in [-0.05, 0) is 38.1 Å². The van der Waals surface area contributed by atoms with Crippen LogP contribution in [0.3, 0.4) is 0 Å². The first-order valence-corrected chi connectivity index (χ1v) is 9.49. The minimum Gasteiger partial charge on any atom is -0.490 e. The average molecular weight is 390 g/mol. The molecule has 0 spiro atoms. The van der Waals surface area contributed by atoms with E-state index >= 15 is 0 Å². The molecule has 0 aromatic heterocycles. The second-order valence-electron chi connectivity index (χ2n) is 4.68. The van der Waals surface area contributed by atoms with Gasteiger partial charge in [0.1, 0.15) is 0 Å². The summed E-state index contributed by atoms with van der Waals surface area (Å²) in [7, 11) is -3.89. The van der Waals surface area contributed by atoms with Crippen LogP contribution in [0.25, 0.3) is 0 Å². The smallest absolute Gasteiger partial charge is 0.262 e. The van der Waals surface area contributed by atoms with Gasteiger partial charge in [0.25, 0.3) is 10.0 Å². The second kappa shape index (κ2) is 7.96. The Morgan fingerprint density at radius 3 is 2.12 bits per heavy atom. The van der Waals surface area contributed by atoms with Gasteiger partial charge >= 0.3 is 0 Å². The van der Waals surface area contributed by atoms with Crippen LogP contribution in [0.2, 0.25) is 10.0 Å².